The summed E-state index contributed by atoms with van der Waals surface area (Å²) in [6.45, 7) is 1.81. The summed E-state index contributed by atoms with van der Waals surface area (Å²) in [6.07, 6.45) is 3.28. The number of rotatable bonds is 3. The van der Waals surface area contributed by atoms with E-state index in [4.69, 9.17) is 0 Å². The second-order valence-corrected chi connectivity index (χ2v) is 6.94. The van der Waals surface area contributed by atoms with Gasteiger partial charge in [-0.15, -0.1) is 0 Å². The fourth-order valence-electron chi connectivity index (χ4n) is 2.79. The first-order chi connectivity index (χ1) is 13.3. The van der Waals surface area contributed by atoms with Crippen molar-refractivity contribution in [2.75, 3.05) is 0 Å². The molecule has 4 rings (SSSR count). The van der Waals surface area contributed by atoms with Crippen molar-refractivity contribution in [1.82, 2.24) is 24.3 Å². The van der Waals surface area contributed by atoms with Gasteiger partial charge >= 0.3 is 0 Å². The van der Waals surface area contributed by atoms with Crippen LogP contribution in [0.2, 0.25) is 0 Å². The fraction of sp³-hybridized carbons (Fsp3) is 0.111. The topological polar surface area (TPSA) is 76.2 Å². The summed E-state index contributed by atoms with van der Waals surface area (Å²) in [4.78, 5) is 15.9. The number of aryl methyl sites for hydroxylation is 1. The molecule has 142 valence electrons. The van der Waals surface area contributed by atoms with Crippen LogP contribution in [0, 0.1) is 24.5 Å². The molecular weight excluding hydrogens is 439 g/mol. The minimum Gasteiger partial charge on any atom is -0.491 e. The van der Waals surface area contributed by atoms with E-state index in [0.29, 0.717) is 15.7 Å². The highest BCUT2D eigenvalue weighted by molar-refractivity contribution is 9.10. The summed E-state index contributed by atoms with van der Waals surface area (Å²) in [5.74, 6) is -3.00. The van der Waals surface area contributed by atoms with Crippen molar-refractivity contribution in [3.8, 4) is 17.4 Å². The number of nitrogens with zero attached hydrogens (tertiary/aromatic N) is 5. The van der Waals surface area contributed by atoms with Gasteiger partial charge in [-0.2, -0.15) is 13.8 Å². The lowest BCUT2D eigenvalue weighted by molar-refractivity contribution is 0.409. The third kappa shape index (κ3) is 3.19. The fourth-order valence-corrected chi connectivity index (χ4v) is 3.25. The van der Waals surface area contributed by atoms with Gasteiger partial charge in [-0.3, -0.25) is 4.40 Å². The van der Waals surface area contributed by atoms with E-state index in [1.54, 1.807) is 6.07 Å². The average molecular weight is 450 g/mol. The van der Waals surface area contributed by atoms with Gasteiger partial charge in [-0.05, 0) is 46.1 Å². The van der Waals surface area contributed by atoms with Gasteiger partial charge in [0.2, 0.25) is 11.8 Å². The van der Waals surface area contributed by atoms with Crippen LogP contribution in [0.4, 0.5) is 13.2 Å². The quantitative estimate of drug-likeness (QED) is 0.512. The maximum absolute atomic E-state index is 14.2. The third-order valence-electron chi connectivity index (χ3n) is 4.21. The highest BCUT2D eigenvalue weighted by Gasteiger charge is 2.17. The standard InChI is InChI=1S/C18H11BrF3N5O/c1-8-2-10(19)11(20)3-9(8)4-13-17-24-6-15(22)27(17)7-14(25-13)16-23-5-12(21)18(28)26-16/h2-3,5-7H,4H2,1H3,(H,23,26,28). The number of hydrogen-bond acceptors (Lipinski definition) is 5. The van der Waals surface area contributed by atoms with Crippen LogP contribution >= 0.6 is 15.9 Å². The van der Waals surface area contributed by atoms with E-state index in [0.717, 1.165) is 22.4 Å². The largest absolute Gasteiger partial charge is 0.491 e. The van der Waals surface area contributed by atoms with E-state index in [1.807, 2.05) is 6.92 Å². The molecule has 0 saturated carbocycles. The smallest absolute Gasteiger partial charge is 0.251 e. The normalized spacial score (nSPS) is 11.3. The van der Waals surface area contributed by atoms with Crippen LogP contribution in [0.5, 0.6) is 5.88 Å². The van der Waals surface area contributed by atoms with Crippen molar-refractivity contribution < 1.29 is 18.3 Å². The Kier molecular flexibility index (Phi) is 4.50. The summed E-state index contributed by atoms with van der Waals surface area (Å²) in [5.41, 5.74) is 2.14. The third-order valence-corrected chi connectivity index (χ3v) is 4.82. The van der Waals surface area contributed by atoms with Gasteiger partial charge in [0.05, 0.1) is 22.6 Å². The van der Waals surface area contributed by atoms with Crippen molar-refractivity contribution in [2.45, 2.75) is 13.3 Å². The van der Waals surface area contributed by atoms with Crippen LogP contribution in [0.15, 0.2) is 35.2 Å². The van der Waals surface area contributed by atoms with Crippen molar-refractivity contribution >= 4 is 21.6 Å². The molecule has 0 radical (unpaired) electrons. The lowest BCUT2D eigenvalue weighted by atomic mass is 10.0. The minimum absolute atomic E-state index is 0.0890. The SMILES string of the molecule is Cc1cc(Br)c(F)cc1Cc1nc(-c2ncc(F)c(O)n2)cn2c(F)cnc12. The van der Waals surface area contributed by atoms with E-state index in [9.17, 15) is 18.3 Å². The van der Waals surface area contributed by atoms with Gasteiger partial charge in [0.15, 0.2) is 11.5 Å². The molecule has 6 nitrogen and oxygen atoms in total. The maximum Gasteiger partial charge on any atom is 0.251 e. The summed E-state index contributed by atoms with van der Waals surface area (Å²) in [6, 6.07) is 3.00. The van der Waals surface area contributed by atoms with Gasteiger partial charge in [0, 0.05) is 12.6 Å². The van der Waals surface area contributed by atoms with Crippen molar-refractivity contribution in [3.05, 3.63) is 69.6 Å². The Bertz CT molecular complexity index is 1230. The first-order valence-corrected chi connectivity index (χ1v) is 8.81. The summed E-state index contributed by atoms with van der Waals surface area (Å²) < 4.78 is 42.9. The second-order valence-electron chi connectivity index (χ2n) is 6.08. The van der Waals surface area contributed by atoms with Crippen LogP contribution in [-0.2, 0) is 6.42 Å². The zero-order chi connectivity index (χ0) is 20.0. The van der Waals surface area contributed by atoms with Gasteiger partial charge in [0.1, 0.15) is 11.5 Å². The summed E-state index contributed by atoms with van der Waals surface area (Å²) >= 11 is 3.14. The van der Waals surface area contributed by atoms with E-state index in [2.05, 4.69) is 35.9 Å². The molecule has 10 heteroatoms. The van der Waals surface area contributed by atoms with Crippen LogP contribution in [-0.4, -0.2) is 29.4 Å². The Labute approximate surface area is 164 Å². The Morgan fingerprint density at radius 2 is 1.86 bits per heavy atom. The average Bonchev–Trinajstić information content (AvgIpc) is 3.03. The van der Waals surface area contributed by atoms with E-state index >= 15 is 0 Å². The van der Waals surface area contributed by atoms with Crippen LogP contribution in [0.1, 0.15) is 16.8 Å². The Balaban J connectivity index is 1.88. The van der Waals surface area contributed by atoms with Crippen LogP contribution in [0.25, 0.3) is 17.2 Å². The molecule has 0 fully saturated rings. The van der Waals surface area contributed by atoms with Crippen LogP contribution in [0.3, 0.4) is 0 Å². The molecule has 1 aromatic carbocycles. The molecular formula is C18H11BrF3N5O. The molecule has 0 atom stereocenters. The zero-order valence-electron chi connectivity index (χ0n) is 14.3. The molecule has 0 aliphatic carbocycles. The second kappa shape index (κ2) is 6.86. The lowest BCUT2D eigenvalue weighted by Crippen LogP contribution is -2.05. The monoisotopic (exact) mass is 449 g/mol. The molecule has 0 bridgehead atoms. The van der Waals surface area contributed by atoms with Crippen molar-refractivity contribution in [2.24, 2.45) is 0 Å². The van der Waals surface area contributed by atoms with E-state index in [1.165, 1.54) is 12.3 Å². The molecule has 28 heavy (non-hydrogen) atoms. The minimum atomic E-state index is -0.986. The number of fused-ring (bicyclic) bond motifs is 1. The summed E-state index contributed by atoms with van der Waals surface area (Å²) in [5, 5.41) is 9.49. The van der Waals surface area contributed by atoms with Crippen molar-refractivity contribution in [1.29, 1.82) is 0 Å². The first kappa shape index (κ1) is 18.4. The predicted octanol–water partition coefficient (Wildman–Crippen LogP) is 3.97. The number of halogens is 4. The van der Waals surface area contributed by atoms with Gasteiger partial charge in [-0.1, -0.05) is 0 Å². The number of aromatic nitrogens is 5. The van der Waals surface area contributed by atoms with Gasteiger partial charge in [-0.25, -0.2) is 19.3 Å². The first-order valence-electron chi connectivity index (χ1n) is 8.02. The summed E-state index contributed by atoms with van der Waals surface area (Å²) in [7, 11) is 0. The highest BCUT2D eigenvalue weighted by atomic mass is 79.9. The number of imidazole rings is 1. The molecule has 0 aliphatic rings. The molecule has 3 aromatic heterocycles. The van der Waals surface area contributed by atoms with E-state index in [-0.39, 0.29) is 23.6 Å². The molecule has 1 N–H and O–H groups in total. The number of benzene rings is 1. The lowest BCUT2D eigenvalue weighted by Gasteiger charge is -2.10. The molecule has 0 unspecified atom stereocenters. The molecule has 3 heterocycles. The zero-order valence-corrected chi connectivity index (χ0v) is 15.9. The van der Waals surface area contributed by atoms with Gasteiger partial charge in [0.25, 0.3) is 5.88 Å². The number of aromatic hydroxyl groups is 1. The van der Waals surface area contributed by atoms with Gasteiger partial charge < -0.3 is 5.11 Å². The Hall–Kier alpha value is -3.01. The van der Waals surface area contributed by atoms with E-state index < -0.39 is 23.5 Å². The molecule has 0 aliphatic heterocycles. The molecule has 0 spiro atoms. The maximum atomic E-state index is 14.2. The van der Waals surface area contributed by atoms with Crippen molar-refractivity contribution in [3.63, 3.8) is 0 Å². The predicted molar refractivity (Wildman–Crippen MR) is 97.2 cm³/mol. The molecule has 0 amide bonds. The Morgan fingerprint density at radius 3 is 2.61 bits per heavy atom. The molecule has 4 aromatic rings. The highest BCUT2D eigenvalue weighted by Crippen LogP contribution is 2.25. The Morgan fingerprint density at radius 1 is 1.07 bits per heavy atom. The number of hydrogen-bond donors (Lipinski definition) is 1. The van der Waals surface area contributed by atoms with Crippen LogP contribution < -0.4 is 0 Å². The molecule has 0 saturated heterocycles.